The molecule has 0 saturated heterocycles. The summed E-state index contributed by atoms with van der Waals surface area (Å²) < 4.78 is 876. The third-order valence-electron chi connectivity index (χ3n) is 12.3. The van der Waals surface area contributed by atoms with Crippen molar-refractivity contribution in [3.63, 3.8) is 0 Å². The molecule has 0 saturated carbocycles. The van der Waals surface area contributed by atoms with Crippen LogP contribution in [0.25, 0.3) is 0 Å². The number of hydrogen-bond donors (Lipinski definition) is 0. The molecular formula is C33H5F63. The van der Waals surface area contributed by atoms with Gasteiger partial charge >= 0.3 is 184 Å². The first-order chi connectivity index (χ1) is 40.1. The quantitative estimate of drug-likeness (QED) is 0.0629. The van der Waals surface area contributed by atoms with E-state index in [1.165, 1.54) is 0 Å². The molecule has 0 unspecified atom stereocenters. The van der Waals surface area contributed by atoms with Crippen LogP contribution in [0.5, 0.6) is 0 Å². The van der Waals surface area contributed by atoms with Gasteiger partial charge in [-0.15, -0.1) is 0 Å². The zero-order chi connectivity index (χ0) is 80.2. The molecule has 0 aliphatic rings. The first-order valence-corrected chi connectivity index (χ1v) is 20.5. The molecule has 0 aromatic carbocycles. The zero-order valence-corrected chi connectivity index (χ0v) is 41.0. The molecule has 0 N–H and O–H groups in total. The smallest absolute Gasteiger partial charge is 0.200 e. The maximum atomic E-state index is 14.3. The van der Waals surface area contributed by atoms with Crippen LogP contribution in [0.1, 0.15) is 13.3 Å². The summed E-state index contributed by atoms with van der Waals surface area (Å²) in [5.41, 5.74) is 0. The van der Waals surface area contributed by atoms with Crippen LogP contribution in [0.15, 0.2) is 0 Å². The lowest BCUT2D eigenvalue weighted by atomic mass is 9.80. The predicted octanol–water partition coefficient (Wildman–Crippen LogP) is 21.0. The minimum absolute atomic E-state index is 0.664. The second-order valence-corrected chi connectivity index (χ2v) is 18.2. The summed E-state index contributed by atoms with van der Waals surface area (Å²) in [6, 6.07) is 0. The number of hydrogen-bond acceptors (Lipinski definition) is 0. The van der Waals surface area contributed by atoms with Gasteiger partial charge in [0.2, 0.25) is 0 Å². The van der Waals surface area contributed by atoms with Crippen LogP contribution >= 0.6 is 0 Å². The van der Waals surface area contributed by atoms with E-state index in [9.17, 15) is 277 Å². The molecule has 0 aliphatic heterocycles. The maximum Gasteiger partial charge on any atom is 0.460 e. The third-order valence-corrected chi connectivity index (χ3v) is 12.3. The summed E-state index contributed by atoms with van der Waals surface area (Å²) in [6.45, 7) is -0.664. The van der Waals surface area contributed by atoms with Crippen molar-refractivity contribution in [3.05, 3.63) is 0 Å². The average molecular weight is 1600 g/mol. The molecule has 0 heterocycles. The molecule has 63 heteroatoms. The van der Waals surface area contributed by atoms with E-state index in [4.69, 9.17) is 0 Å². The largest absolute Gasteiger partial charge is 0.460 e. The second kappa shape index (κ2) is 21.8. The third kappa shape index (κ3) is 9.75. The van der Waals surface area contributed by atoms with Gasteiger partial charge in [0.05, 0.1) is 0 Å². The van der Waals surface area contributed by atoms with Gasteiger partial charge < -0.3 is 0 Å². The van der Waals surface area contributed by atoms with Crippen LogP contribution in [0.3, 0.4) is 0 Å². The van der Waals surface area contributed by atoms with E-state index in [0.717, 1.165) is 0 Å². The maximum absolute atomic E-state index is 14.3. The van der Waals surface area contributed by atoms with Gasteiger partial charge in [-0.2, -0.15) is 277 Å². The normalized spacial score (nSPS) is 17.6. The second-order valence-electron chi connectivity index (χ2n) is 18.2. The Kier molecular flexibility index (Phi) is 20.8. The summed E-state index contributed by atoms with van der Waals surface area (Å²) in [6.07, 6.45) is -12.0. The summed E-state index contributed by atoms with van der Waals surface area (Å²) in [4.78, 5) is 0. The van der Waals surface area contributed by atoms with E-state index in [1.807, 2.05) is 0 Å². The Morgan fingerprint density at radius 3 is 0.229 bits per heavy atom. The van der Waals surface area contributed by atoms with E-state index in [0.29, 0.717) is 0 Å². The predicted molar refractivity (Wildman–Crippen MR) is 165 cm³/mol. The van der Waals surface area contributed by atoms with Crippen molar-refractivity contribution >= 4 is 0 Å². The molecule has 96 heavy (non-hydrogen) atoms. The van der Waals surface area contributed by atoms with Gasteiger partial charge in [0.15, 0.2) is 0 Å². The van der Waals surface area contributed by atoms with Crippen LogP contribution in [0.2, 0.25) is 0 Å². The molecule has 0 aliphatic carbocycles. The molecule has 0 atom stereocenters. The first kappa shape index (κ1) is 91.6. The van der Waals surface area contributed by atoms with Crippen molar-refractivity contribution in [2.45, 2.75) is 197 Å². The van der Waals surface area contributed by atoms with E-state index in [-0.39, 0.29) is 0 Å². The lowest BCUT2D eigenvalue weighted by molar-refractivity contribution is -0.501. The summed E-state index contributed by atoms with van der Waals surface area (Å²) in [5.74, 6) is -317. The van der Waals surface area contributed by atoms with E-state index in [2.05, 4.69) is 0 Å². The Labute approximate surface area is 475 Å². The summed E-state index contributed by atoms with van der Waals surface area (Å²) in [5, 5.41) is 0. The topological polar surface area (TPSA) is 0 Å². The van der Waals surface area contributed by atoms with Gasteiger partial charge in [-0.3, -0.25) is 0 Å². The van der Waals surface area contributed by atoms with Crippen molar-refractivity contribution in [1.29, 1.82) is 0 Å². The average Bonchev–Trinajstić information content (AvgIpc) is 3.36. The van der Waals surface area contributed by atoms with Crippen molar-refractivity contribution < 1.29 is 277 Å². The van der Waals surface area contributed by atoms with Crippen LogP contribution in [0.4, 0.5) is 277 Å². The fourth-order valence-electron chi connectivity index (χ4n) is 5.95. The lowest BCUT2D eigenvalue weighted by Gasteiger charge is -2.48. The fraction of sp³-hybridized carbons (Fsp3) is 1.00. The van der Waals surface area contributed by atoms with Crippen molar-refractivity contribution in [2.75, 3.05) is 0 Å². The molecule has 0 radical (unpaired) electrons. The minimum Gasteiger partial charge on any atom is -0.200 e. The van der Waals surface area contributed by atoms with Crippen LogP contribution in [-0.4, -0.2) is 184 Å². The highest BCUT2D eigenvalue weighted by molar-refractivity contribution is 5.26. The molecule has 0 amide bonds. The monoisotopic (exact) mass is 1600 g/mol. The molecule has 0 nitrogen and oxygen atoms in total. The van der Waals surface area contributed by atoms with Crippen molar-refractivity contribution in [3.8, 4) is 0 Å². The first-order valence-electron chi connectivity index (χ1n) is 20.5. The van der Waals surface area contributed by atoms with Gasteiger partial charge in [0.1, 0.15) is 0 Å². The van der Waals surface area contributed by atoms with E-state index < -0.39 is 197 Å². The van der Waals surface area contributed by atoms with E-state index in [1.54, 1.807) is 0 Å². The molecule has 0 bridgehead atoms. The molecule has 0 aromatic heterocycles. The SMILES string of the molecule is CCC(F)(F)C(F)(F)C(F)(F)C(F)(F)C(F)(F)C(F)(F)C(F)(F)C(F)(F)C(F)(F)C(F)(F)C(F)(F)C(F)(F)C(F)(F)C(F)(F)C(F)(F)C(F)(F)C(F)(F)C(F)(F)C(F)(F)C(F)(F)C(F)(F)C(F)(F)C(F)(F)C(F)(F)C(F)(F)C(F)(F)C(F)(F)C(F)(F)C(F)(F)C(F)(F)C(F)(F)F. The van der Waals surface area contributed by atoms with Crippen LogP contribution in [0, 0.1) is 0 Å². The molecule has 0 aromatic rings. The molecule has 578 valence electrons. The minimum atomic E-state index is -11.3. The molecule has 0 rings (SSSR count). The van der Waals surface area contributed by atoms with Gasteiger partial charge in [0, 0.05) is 6.42 Å². The number of halogens is 63. The lowest BCUT2D eigenvalue weighted by Crippen LogP contribution is -2.81. The Bertz CT molecular complexity index is 2780. The van der Waals surface area contributed by atoms with E-state index >= 15 is 0 Å². The summed E-state index contributed by atoms with van der Waals surface area (Å²) in [7, 11) is 0. The highest BCUT2D eigenvalue weighted by Gasteiger charge is 3.06. The van der Waals surface area contributed by atoms with Gasteiger partial charge in [-0.25, -0.2) is 0 Å². The molecular weight excluding hydrogens is 1590 g/mol. The zero-order valence-electron chi connectivity index (χ0n) is 41.0. The number of rotatable bonds is 30. The highest BCUT2D eigenvalue weighted by atomic mass is 19.5. The molecule has 0 fully saturated rings. The Hall–Kier alpha value is -4.41. The van der Waals surface area contributed by atoms with Gasteiger partial charge in [-0.05, 0) is 0 Å². The van der Waals surface area contributed by atoms with Gasteiger partial charge in [0.25, 0.3) is 0 Å². The Morgan fingerprint density at radius 1 is 0.104 bits per heavy atom. The Morgan fingerprint density at radius 2 is 0.167 bits per heavy atom. The van der Waals surface area contributed by atoms with Crippen molar-refractivity contribution in [1.82, 2.24) is 0 Å². The Balaban J connectivity index is 8.43. The highest BCUT2D eigenvalue weighted by Crippen LogP contribution is 2.75. The number of alkyl halides is 63. The fourth-order valence-corrected chi connectivity index (χ4v) is 5.95. The van der Waals surface area contributed by atoms with Gasteiger partial charge in [-0.1, -0.05) is 6.92 Å². The van der Waals surface area contributed by atoms with Crippen molar-refractivity contribution in [2.24, 2.45) is 0 Å². The standard InChI is InChI=1S/C33H5F63/c1-2-3(34,35)4(36,37)5(38,39)6(40,41)7(42,43)8(44,45)9(46,47)10(48,49)11(50,51)12(52,53)13(54,55)14(56,57)15(58,59)16(60,61)17(62,63)18(64,65)19(66,67)20(68,69)21(70,71)22(72,73)23(74,75)24(76,77)25(78,79)26(80,81)27(82,83)28(84,85)29(86,87)30(88,89)31(90,91)32(92,93)33(94,95)96/h2H2,1H3. The van der Waals surface area contributed by atoms with Crippen LogP contribution < -0.4 is 0 Å². The molecule has 0 spiro atoms. The summed E-state index contributed by atoms with van der Waals surface area (Å²) >= 11 is 0. The van der Waals surface area contributed by atoms with Crippen LogP contribution in [-0.2, 0) is 0 Å².